The van der Waals surface area contributed by atoms with Crippen LogP contribution in [0, 0.1) is 0 Å². The molecule has 7 aromatic carbocycles. The van der Waals surface area contributed by atoms with Gasteiger partial charge in [0.25, 0.3) is 0 Å². The van der Waals surface area contributed by atoms with E-state index in [0.717, 1.165) is 38.8 Å². The Morgan fingerprint density at radius 1 is 0.378 bits per heavy atom. The number of hydrogen-bond donors (Lipinski definition) is 0. The maximum atomic E-state index is 5.35. The molecule has 0 saturated carbocycles. The molecule has 0 unspecified atom stereocenters. The molecule has 0 aliphatic heterocycles. The van der Waals surface area contributed by atoms with Crippen molar-refractivity contribution >= 4 is 43.5 Å². The van der Waals surface area contributed by atoms with Crippen LogP contribution >= 0.6 is 0 Å². The summed E-state index contributed by atoms with van der Waals surface area (Å²) >= 11 is 0. The Morgan fingerprint density at radius 2 is 0.978 bits per heavy atom. The van der Waals surface area contributed by atoms with Crippen molar-refractivity contribution in [2.24, 2.45) is 0 Å². The lowest BCUT2D eigenvalue weighted by Crippen LogP contribution is -2.03. The van der Waals surface area contributed by atoms with E-state index in [2.05, 4.69) is 156 Å². The number of para-hydroxylation sites is 1. The summed E-state index contributed by atoms with van der Waals surface area (Å²) in [7, 11) is 0. The van der Waals surface area contributed by atoms with Gasteiger partial charge in [0.1, 0.15) is 0 Å². The molecule has 0 saturated heterocycles. The van der Waals surface area contributed by atoms with Crippen LogP contribution in [0.25, 0.3) is 82.9 Å². The van der Waals surface area contributed by atoms with Crippen LogP contribution in [-0.4, -0.2) is 14.5 Å². The summed E-state index contributed by atoms with van der Waals surface area (Å²) in [6, 6.07) is 57.9. The van der Waals surface area contributed by atoms with Crippen molar-refractivity contribution in [3.05, 3.63) is 164 Å². The van der Waals surface area contributed by atoms with Gasteiger partial charge in [0.2, 0.25) is 5.95 Å². The lowest BCUT2D eigenvalue weighted by Gasteiger charge is -2.13. The van der Waals surface area contributed by atoms with E-state index < -0.39 is 0 Å². The minimum absolute atomic E-state index is 0.663. The van der Waals surface area contributed by atoms with Crippen molar-refractivity contribution in [3.8, 4) is 39.5 Å². The van der Waals surface area contributed by atoms with Crippen molar-refractivity contribution in [1.82, 2.24) is 14.5 Å². The molecule has 0 aliphatic carbocycles. The van der Waals surface area contributed by atoms with Gasteiger partial charge in [-0.05, 0) is 51.2 Å². The molecule has 0 spiro atoms. The average molecular weight is 574 g/mol. The maximum Gasteiger partial charge on any atom is 0.235 e. The number of hydrogen-bond acceptors (Lipinski definition) is 2. The topological polar surface area (TPSA) is 30.7 Å². The first kappa shape index (κ1) is 25.4. The largest absolute Gasteiger partial charge is 0.278 e. The monoisotopic (exact) mass is 573 g/mol. The third kappa shape index (κ3) is 4.21. The lowest BCUT2D eigenvalue weighted by molar-refractivity contribution is 1.01. The Bertz CT molecular complexity index is 2510. The van der Waals surface area contributed by atoms with E-state index in [1.165, 1.54) is 38.2 Å². The Kier molecular flexibility index (Phi) is 5.82. The van der Waals surface area contributed by atoms with Crippen LogP contribution in [0.4, 0.5) is 0 Å². The van der Waals surface area contributed by atoms with Gasteiger partial charge in [-0.1, -0.05) is 146 Å². The number of nitrogens with zero attached hydrogens (tertiary/aromatic N) is 3. The quantitative estimate of drug-likeness (QED) is 0.210. The normalized spacial score (nSPS) is 11.6. The fourth-order valence-corrected chi connectivity index (χ4v) is 6.65. The summed E-state index contributed by atoms with van der Waals surface area (Å²) in [5.74, 6) is 0.663. The summed E-state index contributed by atoms with van der Waals surface area (Å²) in [5, 5.41) is 5.88. The lowest BCUT2D eigenvalue weighted by atomic mass is 10.0. The first-order valence-electron chi connectivity index (χ1n) is 15.3. The number of rotatable bonds is 4. The molecule has 2 heterocycles. The standard InChI is InChI=1S/C42H27N3/c1-3-11-28(12-4-1)30-19-21-32(22-20-30)41-35-17-9-10-18-37(35)43-42(44-41)45-38-26-24-31-15-7-8-16-34(31)40(38)36-25-23-33(27-39(36)45)29-13-5-2-6-14-29/h1-27H. The van der Waals surface area contributed by atoms with E-state index in [9.17, 15) is 0 Å². The zero-order chi connectivity index (χ0) is 29.7. The molecule has 0 radical (unpaired) electrons. The van der Waals surface area contributed by atoms with Gasteiger partial charge in [-0.3, -0.25) is 4.57 Å². The van der Waals surface area contributed by atoms with Crippen molar-refractivity contribution in [3.63, 3.8) is 0 Å². The molecule has 9 aromatic rings. The van der Waals surface area contributed by atoms with Crippen LogP contribution in [0.15, 0.2) is 164 Å². The van der Waals surface area contributed by atoms with Crippen LogP contribution in [0.1, 0.15) is 0 Å². The molecule has 45 heavy (non-hydrogen) atoms. The molecule has 0 atom stereocenters. The second kappa shape index (κ2) is 10.3. The molecule has 210 valence electrons. The Morgan fingerprint density at radius 3 is 1.76 bits per heavy atom. The fourth-order valence-electron chi connectivity index (χ4n) is 6.65. The minimum Gasteiger partial charge on any atom is -0.278 e. The van der Waals surface area contributed by atoms with E-state index in [1.54, 1.807) is 0 Å². The van der Waals surface area contributed by atoms with Crippen LogP contribution < -0.4 is 0 Å². The average Bonchev–Trinajstić information content (AvgIpc) is 3.46. The van der Waals surface area contributed by atoms with Crippen molar-refractivity contribution < 1.29 is 0 Å². The highest BCUT2D eigenvalue weighted by Crippen LogP contribution is 2.39. The minimum atomic E-state index is 0.663. The number of aromatic nitrogens is 3. The van der Waals surface area contributed by atoms with E-state index >= 15 is 0 Å². The predicted octanol–water partition coefficient (Wildman–Crippen LogP) is 10.9. The molecule has 0 bridgehead atoms. The summed E-state index contributed by atoms with van der Waals surface area (Å²) in [5.41, 5.74) is 9.80. The van der Waals surface area contributed by atoms with Crippen molar-refractivity contribution in [1.29, 1.82) is 0 Å². The number of fused-ring (bicyclic) bond motifs is 6. The van der Waals surface area contributed by atoms with E-state index in [4.69, 9.17) is 9.97 Å². The molecule has 2 aromatic heterocycles. The van der Waals surface area contributed by atoms with Crippen LogP contribution in [0.3, 0.4) is 0 Å². The molecule has 3 nitrogen and oxygen atoms in total. The van der Waals surface area contributed by atoms with Gasteiger partial charge in [0, 0.05) is 21.7 Å². The molecule has 0 fully saturated rings. The zero-order valence-corrected chi connectivity index (χ0v) is 24.4. The molecule has 0 N–H and O–H groups in total. The molecule has 9 rings (SSSR count). The van der Waals surface area contributed by atoms with Crippen LogP contribution in [-0.2, 0) is 0 Å². The number of benzene rings is 7. The van der Waals surface area contributed by atoms with Gasteiger partial charge >= 0.3 is 0 Å². The Hall–Kier alpha value is -6.06. The van der Waals surface area contributed by atoms with Gasteiger partial charge in [-0.2, -0.15) is 0 Å². The van der Waals surface area contributed by atoms with E-state index in [-0.39, 0.29) is 0 Å². The second-order valence-electron chi connectivity index (χ2n) is 11.4. The fraction of sp³-hybridized carbons (Fsp3) is 0. The molecule has 0 aliphatic rings. The smallest absolute Gasteiger partial charge is 0.235 e. The van der Waals surface area contributed by atoms with Gasteiger partial charge < -0.3 is 0 Å². The summed E-state index contributed by atoms with van der Waals surface area (Å²) in [6.45, 7) is 0. The SMILES string of the molecule is c1ccc(-c2ccc(-c3nc(-n4c5cc(-c6ccccc6)ccc5c5c6ccccc6ccc54)nc4ccccc34)cc2)cc1. The third-order valence-corrected chi connectivity index (χ3v) is 8.82. The van der Waals surface area contributed by atoms with Crippen LogP contribution in [0.2, 0.25) is 0 Å². The highest BCUT2D eigenvalue weighted by molar-refractivity contribution is 6.21. The van der Waals surface area contributed by atoms with Gasteiger partial charge in [-0.25, -0.2) is 9.97 Å². The predicted molar refractivity (Wildman–Crippen MR) is 188 cm³/mol. The third-order valence-electron chi connectivity index (χ3n) is 8.82. The zero-order valence-electron chi connectivity index (χ0n) is 24.4. The van der Waals surface area contributed by atoms with Crippen molar-refractivity contribution in [2.45, 2.75) is 0 Å². The Balaban J connectivity index is 1.33. The summed E-state index contributed by atoms with van der Waals surface area (Å²) < 4.78 is 2.25. The second-order valence-corrected chi connectivity index (χ2v) is 11.4. The Labute approximate surface area is 260 Å². The molecule has 0 amide bonds. The molecular formula is C42H27N3. The molecular weight excluding hydrogens is 546 g/mol. The highest BCUT2D eigenvalue weighted by Gasteiger charge is 2.19. The van der Waals surface area contributed by atoms with Gasteiger partial charge in [-0.15, -0.1) is 0 Å². The van der Waals surface area contributed by atoms with Gasteiger partial charge in [0.05, 0.1) is 22.2 Å². The van der Waals surface area contributed by atoms with Crippen molar-refractivity contribution in [2.75, 3.05) is 0 Å². The first-order valence-corrected chi connectivity index (χ1v) is 15.3. The summed E-state index contributed by atoms with van der Waals surface area (Å²) in [6.07, 6.45) is 0. The summed E-state index contributed by atoms with van der Waals surface area (Å²) in [4.78, 5) is 10.6. The van der Waals surface area contributed by atoms with Crippen LogP contribution in [0.5, 0.6) is 0 Å². The maximum absolute atomic E-state index is 5.35. The van der Waals surface area contributed by atoms with E-state index in [0.29, 0.717) is 5.95 Å². The first-order chi connectivity index (χ1) is 22.3. The highest BCUT2D eigenvalue weighted by atomic mass is 15.2. The molecule has 3 heteroatoms. The van der Waals surface area contributed by atoms with E-state index in [1.807, 2.05) is 12.1 Å². The van der Waals surface area contributed by atoms with Gasteiger partial charge in [0.15, 0.2) is 0 Å².